The summed E-state index contributed by atoms with van der Waals surface area (Å²) >= 11 is 0. The Balaban J connectivity index is 1.64. The number of rotatable bonds is 3. The molecule has 0 radical (unpaired) electrons. The maximum absolute atomic E-state index is 14.4. The Morgan fingerprint density at radius 2 is 2.12 bits per heavy atom. The second-order valence-electron chi connectivity index (χ2n) is 6.33. The van der Waals surface area contributed by atoms with Gasteiger partial charge in [-0.1, -0.05) is 0 Å². The highest BCUT2D eigenvalue weighted by Gasteiger charge is 2.33. The molecule has 2 saturated heterocycles. The van der Waals surface area contributed by atoms with E-state index >= 15 is 0 Å². The maximum atomic E-state index is 14.4. The van der Waals surface area contributed by atoms with Crippen LogP contribution in [-0.2, 0) is 0 Å². The van der Waals surface area contributed by atoms with Crippen molar-refractivity contribution in [1.29, 1.82) is 0 Å². The van der Waals surface area contributed by atoms with Gasteiger partial charge in [0.1, 0.15) is 5.82 Å². The SMILES string of the molecule is O=C1NCCN1c1ccc(F)c(C(=O)N2CCC[C@@H]2c2ccc[nH]2)c1. The monoisotopic (exact) mass is 342 g/mol. The van der Waals surface area contributed by atoms with Gasteiger partial charge in [-0.05, 0) is 43.2 Å². The smallest absolute Gasteiger partial charge is 0.321 e. The molecule has 2 aromatic rings. The second kappa shape index (κ2) is 6.23. The van der Waals surface area contributed by atoms with Gasteiger partial charge in [-0.2, -0.15) is 0 Å². The van der Waals surface area contributed by atoms with E-state index in [0.717, 1.165) is 18.5 Å². The number of aromatic nitrogens is 1. The normalized spacial score (nSPS) is 20.2. The minimum atomic E-state index is -0.564. The lowest BCUT2D eigenvalue weighted by Crippen LogP contribution is -2.32. The number of carbonyl (C=O) groups is 2. The first-order valence-corrected chi connectivity index (χ1v) is 8.44. The van der Waals surface area contributed by atoms with Gasteiger partial charge >= 0.3 is 6.03 Å². The predicted molar refractivity (Wildman–Crippen MR) is 90.9 cm³/mol. The molecule has 7 heteroatoms. The summed E-state index contributed by atoms with van der Waals surface area (Å²) < 4.78 is 14.4. The number of aromatic amines is 1. The zero-order chi connectivity index (χ0) is 17.4. The number of halogens is 1. The zero-order valence-electron chi connectivity index (χ0n) is 13.7. The summed E-state index contributed by atoms with van der Waals surface area (Å²) in [6.45, 7) is 1.64. The first-order chi connectivity index (χ1) is 12.1. The third-order valence-corrected chi connectivity index (χ3v) is 4.84. The number of carbonyl (C=O) groups excluding carboxylic acids is 2. The summed E-state index contributed by atoms with van der Waals surface area (Å²) in [5.74, 6) is -0.901. The Morgan fingerprint density at radius 1 is 1.24 bits per heavy atom. The molecule has 2 aliphatic heterocycles. The molecule has 0 spiro atoms. The van der Waals surface area contributed by atoms with Crippen molar-refractivity contribution in [3.8, 4) is 0 Å². The van der Waals surface area contributed by atoms with Crippen LogP contribution in [0.2, 0.25) is 0 Å². The van der Waals surface area contributed by atoms with Gasteiger partial charge in [-0.3, -0.25) is 9.69 Å². The van der Waals surface area contributed by atoms with Crippen LogP contribution in [0.4, 0.5) is 14.9 Å². The molecular formula is C18H19FN4O2. The fourth-order valence-corrected chi connectivity index (χ4v) is 3.60. The third-order valence-electron chi connectivity index (χ3n) is 4.84. The fraction of sp³-hybridized carbons (Fsp3) is 0.333. The summed E-state index contributed by atoms with van der Waals surface area (Å²) in [5.41, 5.74) is 1.51. The van der Waals surface area contributed by atoms with Crippen LogP contribution in [0.15, 0.2) is 36.5 Å². The Labute approximate surface area is 144 Å². The van der Waals surface area contributed by atoms with Crippen molar-refractivity contribution in [2.45, 2.75) is 18.9 Å². The molecule has 1 aromatic carbocycles. The second-order valence-corrected chi connectivity index (χ2v) is 6.33. The average Bonchev–Trinajstić information content (AvgIpc) is 3.35. The highest BCUT2D eigenvalue weighted by Crippen LogP contribution is 2.33. The van der Waals surface area contributed by atoms with Crippen LogP contribution >= 0.6 is 0 Å². The van der Waals surface area contributed by atoms with Crippen molar-refractivity contribution in [2.75, 3.05) is 24.5 Å². The molecule has 0 bridgehead atoms. The molecule has 2 fully saturated rings. The number of hydrogen-bond donors (Lipinski definition) is 2. The first-order valence-electron chi connectivity index (χ1n) is 8.44. The van der Waals surface area contributed by atoms with E-state index in [1.807, 2.05) is 18.3 Å². The highest BCUT2D eigenvalue weighted by molar-refractivity contribution is 5.99. The topological polar surface area (TPSA) is 68.4 Å². The van der Waals surface area contributed by atoms with Gasteiger partial charge in [0.25, 0.3) is 5.91 Å². The van der Waals surface area contributed by atoms with Crippen molar-refractivity contribution in [3.05, 3.63) is 53.6 Å². The molecule has 1 aromatic heterocycles. The summed E-state index contributed by atoms with van der Waals surface area (Å²) in [6, 6.07) is 7.81. The molecule has 6 nitrogen and oxygen atoms in total. The van der Waals surface area contributed by atoms with Crippen LogP contribution in [0.1, 0.15) is 34.9 Å². The molecule has 1 atom stereocenters. The van der Waals surface area contributed by atoms with E-state index in [2.05, 4.69) is 10.3 Å². The lowest BCUT2D eigenvalue weighted by molar-refractivity contribution is 0.0728. The molecular weight excluding hydrogens is 323 g/mol. The van der Waals surface area contributed by atoms with Crippen LogP contribution in [0.5, 0.6) is 0 Å². The Kier molecular flexibility index (Phi) is 3.91. The minimum absolute atomic E-state index is 0.00987. The van der Waals surface area contributed by atoms with Crippen molar-refractivity contribution in [2.24, 2.45) is 0 Å². The third kappa shape index (κ3) is 2.75. The van der Waals surface area contributed by atoms with E-state index in [4.69, 9.17) is 0 Å². The number of amides is 3. The standard InChI is InChI=1S/C18H19FN4O2/c19-14-6-5-12(22-10-8-21-18(22)25)11-13(14)17(24)23-9-2-4-16(23)15-3-1-7-20-15/h1,3,5-7,11,16,20H,2,4,8-10H2,(H,21,25)/t16-/m1/s1. The van der Waals surface area contributed by atoms with Crippen LogP contribution in [0, 0.1) is 5.82 Å². The number of nitrogens with zero attached hydrogens (tertiary/aromatic N) is 2. The number of anilines is 1. The first kappa shape index (κ1) is 15.7. The number of likely N-dealkylation sites (tertiary alicyclic amines) is 1. The van der Waals surface area contributed by atoms with Crippen LogP contribution < -0.4 is 10.2 Å². The van der Waals surface area contributed by atoms with E-state index in [1.54, 1.807) is 4.90 Å². The number of urea groups is 1. The molecule has 3 amide bonds. The Bertz CT molecular complexity index is 805. The molecule has 3 heterocycles. The number of nitrogens with one attached hydrogen (secondary N) is 2. The molecule has 2 N–H and O–H groups in total. The highest BCUT2D eigenvalue weighted by atomic mass is 19.1. The maximum Gasteiger partial charge on any atom is 0.321 e. The Hall–Kier alpha value is -2.83. The number of hydrogen-bond acceptors (Lipinski definition) is 2. The van der Waals surface area contributed by atoms with Gasteiger partial charge in [-0.15, -0.1) is 0 Å². The number of benzene rings is 1. The van der Waals surface area contributed by atoms with Crippen LogP contribution in [-0.4, -0.2) is 41.5 Å². The van der Waals surface area contributed by atoms with Crippen molar-refractivity contribution >= 4 is 17.6 Å². The van der Waals surface area contributed by atoms with Crippen molar-refractivity contribution in [1.82, 2.24) is 15.2 Å². The molecule has 0 unspecified atom stereocenters. The van der Waals surface area contributed by atoms with Gasteiger partial charge in [-0.25, -0.2) is 9.18 Å². The van der Waals surface area contributed by atoms with Crippen LogP contribution in [0.3, 0.4) is 0 Å². The summed E-state index contributed by atoms with van der Waals surface area (Å²) in [5, 5.41) is 2.71. The summed E-state index contributed by atoms with van der Waals surface area (Å²) in [7, 11) is 0. The van der Waals surface area contributed by atoms with Gasteiger partial charge in [0.2, 0.25) is 0 Å². The van der Waals surface area contributed by atoms with Gasteiger partial charge in [0.05, 0.1) is 11.6 Å². The minimum Gasteiger partial charge on any atom is -0.363 e. The quantitative estimate of drug-likeness (QED) is 0.900. The molecule has 130 valence electrons. The Morgan fingerprint density at radius 3 is 2.84 bits per heavy atom. The van der Waals surface area contributed by atoms with Crippen molar-refractivity contribution in [3.63, 3.8) is 0 Å². The summed E-state index contributed by atoms with van der Waals surface area (Å²) in [6.07, 6.45) is 3.55. The van der Waals surface area contributed by atoms with Crippen LogP contribution in [0.25, 0.3) is 0 Å². The van der Waals surface area contributed by atoms with E-state index < -0.39 is 5.82 Å². The fourth-order valence-electron chi connectivity index (χ4n) is 3.60. The molecule has 25 heavy (non-hydrogen) atoms. The predicted octanol–water partition coefficient (Wildman–Crippen LogP) is 2.66. The molecule has 0 aliphatic carbocycles. The largest absolute Gasteiger partial charge is 0.363 e. The van der Waals surface area contributed by atoms with Gasteiger partial charge in [0, 0.05) is 37.2 Å². The van der Waals surface area contributed by atoms with E-state index in [9.17, 15) is 14.0 Å². The van der Waals surface area contributed by atoms with E-state index in [0.29, 0.717) is 25.3 Å². The average molecular weight is 342 g/mol. The van der Waals surface area contributed by atoms with E-state index in [1.165, 1.54) is 23.1 Å². The van der Waals surface area contributed by atoms with Gasteiger partial charge < -0.3 is 15.2 Å². The zero-order valence-corrected chi connectivity index (χ0v) is 13.7. The van der Waals surface area contributed by atoms with E-state index in [-0.39, 0.29) is 23.5 Å². The molecule has 2 aliphatic rings. The molecule has 4 rings (SSSR count). The number of H-pyrrole nitrogens is 1. The summed E-state index contributed by atoms with van der Waals surface area (Å²) in [4.78, 5) is 31.2. The lowest BCUT2D eigenvalue weighted by Gasteiger charge is -2.25. The van der Waals surface area contributed by atoms with Crippen molar-refractivity contribution < 1.29 is 14.0 Å². The molecule has 0 saturated carbocycles. The lowest BCUT2D eigenvalue weighted by atomic mass is 10.1. The van der Waals surface area contributed by atoms with Gasteiger partial charge in [0.15, 0.2) is 0 Å².